The molecule has 0 spiro atoms. The van der Waals surface area contributed by atoms with Crippen molar-refractivity contribution in [1.29, 1.82) is 0 Å². The van der Waals surface area contributed by atoms with E-state index in [0.717, 1.165) is 29.3 Å². The summed E-state index contributed by atoms with van der Waals surface area (Å²) in [7, 11) is -3.32. The minimum atomic E-state index is -3.32. The Bertz CT molecular complexity index is 1150. The number of rotatable bonds is 8. The van der Waals surface area contributed by atoms with Gasteiger partial charge in [-0.1, -0.05) is 43.2 Å². The van der Waals surface area contributed by atoms with Gasteiger partial charge in [-0.05, 0) is 56.4 Å². The molecule has 2 saturated carbocycles. The van der Waals surface area contributed by atoms with E-state index in [1.807, 2.05) is 55.6 Å². The Labute approximate surface area is 183 Å². The molecule has 0 saturated heterocycles. The van der Waals surface area contributed by atoms with Crippen LogP contribution in [0.1, 0.15) is 63.2 Å². The van der Waals surface area contributed by atoms with E-state index in [2.05, 4.69) is 20.6 Å². The Morgan fingerprint density at radius 3 is 2.52 bits per heavy atom. The molecule has 0 unspecified atom stereocenters. The Hall–Kier alpha value is -2.38. The molecule has 0 amide bonds. The van der Waals surface area contributed by atoms with E-state index in [0.29, 0.717) is 11.8 Å². The van der Waals surface area contributed by atoms with Crippen molar-refractivity contribution in [2.75, 3.05) is 0 Å². The molecule has 0 bridgehead atoms. The summed E-state index contributed by atoms with van der Waals surface area (Å²) in [4.78, 5) is 0. The first-order valence-electron chi connectivity index (χ1n) is 11.2. The Morgan fingerprint density at radius 2 is 1.81 bits per heavy atom. The molecule has 0 aliphatic heterocycles. The summed E-state index contributed by atoms with van der Waals surface area (Å²) in [5, 5.41) is 5.42. The third-order valence-electron chi connectivity index (χ3n) is 6.40. The highest BCUT2D eigenvalue weighted by Gasteiger charge is 2.38. The van der Waals surface area contributed by atoms with Crippen LogP contribution in [0.3, 0.4) is 0 Å². The molecule has 0 radical (unpaired) electrons. The molecule has 7 heteroatoms. The van der Waals surface area contributed by atoms with E-state index in [4.69, 9.17) is 4.74 Å². The zero-order chi connectivity index (χ0) is 21.4. The van der Waals surface area contributed by atoms with Crippen molar-refractivity contribution in [2.45, 2.75) is 68.9 Å². The highest BCUT2D eigenvalue weighted by molar-refractivity contribution is 7.90. The van der Waals surface area contributed by atoms with E-state index in [-0.39, 0.29) is 5.25 Å². The summed E-state index contributed by atoms with van der Waals surface area (Å²) in [6, 6.07) is 15.9. The van der Waals surface area contributed by atoms with Gasteiger partial charge in [0.1, 0.15) is 11.9 Å². The number of hydrogen-bond acceptors (Lipinski definition) is 4. The van der Waals surface area contributed by atoms with Crippen LogP contribution in [0.25, 0.3) is 10.9 Å². The van der Waals surface area contributed by atoms with Crippen molar-refractivity contribution in [3.05, 3.63) is 60.3 Å². The minimum absolute atomic E-state index is 0.260. The highest BCUT2D eigenvalue weighted by Crippen LogP contribution is 2.34. The summed E-state index contributed by atoms with van der Waals surface area (Å²) < 4.78 is 36.4. The Balaban J connectivity index is 1.41. The van der Waals surface area contributed by atoms with Crippen LogP contribution in [0, 0.1) is 0 Å². The van der Waals surface area contributed by atoms with E-state index in [1.165, 1.54) is 25.7 Å². The number of aromatic nitrogens is 2. The van der Waals surface area contributed by atoms with E-state index in [1.54, 1.807) is 0 Å². The molecule has 1 N–H and O–H groups in total. The summed E-state index contributed by atoms with van der Waals surface area (Å²) in [5.74, 6) is 0.713. The second kappa shape index (κ2) is 8.28. The van der Waals surface area contributed by atoms with Gasteiger partial charge in [0.15, 0.2) is 0 Å². The van der Waals surface area contributed by atoms with Crippen molar-refractivity contribution in [1.82, 2.24) is 14.5 Å². The minimum Gasteiger partial charge on any atom is -0.484 e. The van der Waals surface area contributed by atoms with Gasteiger partial charge >= 0.3 is 0 Å². The molecular formula is C24H29N3O3S. The Kier molecular flexibility index (Phi) is 5.48. The van der Waals surface area contributed by atoms with Gasteiger partial charge in [-0.3, -0.25) is 4.68 Å². The maximum absolute atomic E-state index is 12.5. The van der Waals surface area contributed by atoms with Gasteiger partial charge < -0.3 is 4.74 Å². The first kappa shape index (κ1) is 20.5. The molecule has 3 aromatic rings. The molecular weight excluding hydrogens is 410 g/mol. The van der Waals surface area contributed by atoms with Crippen LogP contribution >= 0.6 is 0 Å². The molecule has 31 heavy (non-hydrogen) atoms. The quantitative estimate of drug-likeness (QED) is 0.550. The first-order chi connectivity index (χ1) is 15.0. The van der Waals surface area contributed by atoms with Crippen LogP contribution in [0.4, 0.5) is 0 Å². The van der Waals surface area contributed by atoms with Crippen molar-refractivity contribution < 1.29 is 13.2 Å². The average molecular weight is 440 g/mol. The van der Waals surface area contributed by atoms with Crippen LogP contribution in [-0.4, -0.2) is 29.5 Å². The lowest BCUT2D eigenvalue weighted by atomic mass is 10.0. The third-order valence-corrected chi connectivity index (χ3v) is 8.45. The van der Waals surface area contributed by atoms with Crippen molar-refractivity contribution >= 4 is 20.9 Å². The lowest BCUT2D eigenvalue weighted by Gasteiger charge is -2.26. The van der Waals surface area contributed by atoms with E-state index >= 15 is 0 Å². The van der Waals surface area contributed by atoms with E-state index < -0.39 is 22.2 Å². The fourth-order valence-corrected chi connectivity index (χ4v) is 6.18. The fourth-order valence-electron chi connectivity index (χ4n) is 4.59. The smallest absolute Gasteiger partial charge is 0.214 e. The second-order valence-electron chi connectivity index (χ2n) is 8.85. The van der Waals surface area contributed by atoms with E-state index in [9.17, 15) is 8.42 Å². The summed E-state index contributed by atoms with van der Waals surface area (Å²) in [5.41, 5.74) is 2.06. The number of benzene rings is 2. The number of ether oxygens (including phenoxy) is 1. The third kappa shape index (κ3) is 4.34. The van der Waals surface area contributed by atoms with Crippen LogP contribution < -0.4 is 9.46 Å². The van der Waals surface area contributed by atoms with Crippen molar-refractivity contribution in [2.24, 2.45) is 0 Å². The lowest BCUT2D eigenvalue weighted by Crippen LogP contribution is -2.40. The molecule has 5 rings (SSSR count). The van der Waals surface area contributed by atoms with Gasteiger partial charge in [0.2, 0.25) is 10.0 Å². The van der Waals surface area contributed by atoms with Gasteiger partial charge in [-0.25, -0.2) is 13.1 Å². The van der Waals surface area contributed by atoms with Gasteiger partial charge in [0, 0.05) is 5.39 Å². The molecule has 2 aromatic carbocycles. The molecule has 1 aromatic heterocycles. The first-order valence-corrected chi connectivity index (χ1v) is 12.8. The van der Waals surface area contributed by atoms with Crippen LogP contribution in [0.5, 0.6) is 5.75 Å². The standard InChI is InChI=1S/C24H29N3O3S/c1-17(26-31(28,29)22-12-13-22)24(18-7-3-2-4-8-18)30-21-11-14-23-19(15-21)16-25-27(23)20-9-5-6-10-20/h2-4,7-8,11,14-17,20,22,24,26H,5-6,9-10,12-13H2,1H3/t17-,24-/m0/s1. The normalized spacial score (nSPS) is 19.5. The lowest BCUT2D eigenvalue weighted by molar-refractivity contribution is 0.173. The molecule has 2 aliphatic carbocycles. The van der Waals surface area contributed by atoms with Gasteiger partial charge in [-0.15, -0.1) is 0 Å². The van der Waals surface area contributed by atoms with Crippen molar-refractivity contribution in [3.63, 3.8) is 0 Å². The number of nitrogens with zero attached hydrogens (tertiary/aromatic N) is 2. The summed E-state index contributed by atoms with van der Waals surface area (Å²) in [6.45, 7) is 1.87. The monoisotopic (exact) mass is 439 g/mol. The van der Waals surface area contributed by atoms with Crippen LogP contribution in [0.2, 0.25) is 0 Å². The molecule has 164 valence electrons. The predicted octanol–water partition coefficient (Wildman–Crippen LogP) is 4.74. The number of hydrogen-bond donors (Lipinski definition) is 1. The molecule has 2 aliphatic rings. The molecule has 2 atom stereocenters. The van der Waals surface area contributed by atoms with Crippen molar-refractivity contribution in [3.8, 4) is 5.75 Å². The van der Waals surface area contributed by atoms with Gasteiger partial charge in [0.05, 0.1) is 29.0 Å². The number of nitrogens with one attached hydrogen (secondary N) is 1. The summed E-state index contributed by atoms with van der Waals surface area (Å²) in [6.07, 6.45) is 7.84. The van der Waals surface area contributed by atoms with Gasteiger partial charge in [-0.2, -0.15) is 5.10 Å². The fraction of sp³-hybridized carbons (Fsp3) is 0.458. The van der Waals surface area contributed by atoms with Crippen LogP contribution in [0.15, 0.2) is 54.7 Å². The predicted molar refractivity (Wildman–Crippen MR) is 122 cm³/mol. The number of sulfonamides is 1. The average Bonchev–Trinajstić information content (AvgIpc) is 3.35. The largest absolute Gasteiger partial charge is 0.484 e. The number of fused-ring (bicyclic) bond motifs is 1. The summed E-state index contributed by atoms with van der Waals surface area (Å²) >= 11 is 0. The Morgan fingerprint density at radius 1 is 1.06 bits per heavy atom. The maximum Gasteiger partial charge on any atom is 0.214 e. The molecule has 2 fully saturated rings. The van der Waals surface area contributed by atoms with Gasteiger partial charge in [0.25, 0.3) is 0 Å². The molecule has 6 nitrogen and oxygen atoms in total. The van der Waals surface area contributed by atoms with Crippen LogP contribution in [-0.2, 0) is 10.0 Å². The highest BCUT2D eigenvalue weighted by atomic mass is 32.2. The molecule has 1 heterocycles. The zero-order valence-electron chi connectivity index (χ0n) is 17.8. The topological polar surface area (TPSA) is 73.2 Å². The SMILES string of the molecule is C[C@H](NS(=O)(=O)C1CC1)[C@H](Oc1ccc2c(cnn2C2CCCC2)c1)c1ccccc1. The second-order valence-corrected chi connectivity index (χ2v) is 10.8. The maximum atomic E-state index is 12.5. The zero-order valence-corrected chi connectivity index (χ0v) is 18.6.